The molecule has 1 aromatic carbocycles. The second-order valence-corrected chi connectivity index (χ2v) is 4.53. The van der Waals surface area contributed by atoms with Crippen LogP contribution in [-0.2, 0) is 11.2 Å². The van der Waals surface area contributed by atoms with E-state index < -0.39 is 24.1 Å². The SMILES string of the molecule is CC(Oc1ccc2c(c1)CC[C@H]2O)C(=O)NC(N)=O. The van der Waals surface area contributed by atoms with E-state index in [0.29, 0.717) is 12.2 Å². The molecule has 102 valence electrons. The van der Waals surface area contributed by atoms with E-state index >= 15 is 0 Å². The van der Waals surface area contributed by atoms with Crippen LogP contribution in [0.5, 0.6) is 5.75 Å². The molecule has 2 rings (SSSR count). The van der Waals surface area contributed by atoms with E-state index in [1.165, 1.54) is 6.92 Å². The summed E-state index contributed by atoms with van der Waals surface area (Å²) in [6, 6.07) is 4.39. The molecule has 0 radical (unpaired) electrons. The van der Waals surface area contributed by atoms with Crippen molar-refractivity contribution in [2.24, 2.45) is 5.73 Å². The average Bonchev–Trinajstić information content (AvgIpc) is 2.70. The molecule has 1 unspecified atom stereocenters. The standard InChI is InChI=1S/C13H16N2O4/c1-7(12(17)15-13(14)18)19-9-3-4-10-8(6-9)2-5-11(10)16/h3-4,6-7,11,16H,2,5H2,1H3,(H3,14,15,17,18)/t7?,11-/m1/s1. The molecule has 6 nitrogen and oxygen atoms in total. The summed E-state index contributed by atoms with van der Waals surface area (Å²) in [4.78, 5) is 22.0. The third kappa shape index (κ3) is 3.03. The van der Waals surface area contributed by atoms with Crippen molar-refractivity contribution >= 4 is 11.9 Å². The Kier molecular flexibility index (Phi) is 3.71. The van der Waals surface area contributed by atoms with Crippen LogP contribution in [0, 0.1) is 0 Å². The molecule has 2 atom stereocenters. The minimum absolute atomic E-state index is 0.417. The highest BCUT2D eigenvalue weighted by atomic mass is 16.5. The highest BCUT2D eigenvalue weighted by Crippen LogP contribution is 2.33. The first-order valence-electron chi connectivity index (χ1n) is 6.05. The fourth-order valence-electron chi connectivity index (χ4n) is 2.13. The number of aryl methyl sites for hydroxylation is 1. The van der Waals surface area contributed by atoms with Gasteiger partial charge in [0.2, 0.25) is 0 Å². The van der Waals surface area contributed by atoms with Gasteiger partial charge >= 0.3 is 6.03 Å². The maximum absolute atomic E-state index is 11.5. The fraction of sp³-hybridized carbons (Fsp3) is 0.385. The number of hydrogen-bond acceptors (Lipinski definition) is 4. The molecule has 1 aromatic rings. The van der Waals surface area contributed by atoms with Crippen molar-refractivity contribution in [2.75, 3.05) is 0 Å². The Morgan fingerprint density at radius 3 is 2.95 bits per heavy atom. The zero-order valence-electron chi connectivity index (χ0n) is 10.6. The number of urea groups is 1. The normalized spacial score (nSPS) is 18.5. The number of ether oxygens (including phenoxy) is 1. The minimum atomic E-state index is -0.905. The van der Waals surface area contributed by atoms with Crippen LogP contribution in [-0.4, -0.2) is 23.1 Å². The Labute approximate surface area is 110 Å². The lowest BCUT2D eigenvalue weighted by atomic mass is 10.1. The van der Waals surface area contributed by atoms with Crippen molar-refractivity contribution < 1.29 is 19.4 Å². The van der Waals surface area contributed by atoms with Crippen molar-refractivity contribution in [3.63, 3.8) is 0 Å². The van der Waals surface area contributed by atoms with E-state index in [1.54, 1.807) is 18.2 Å². The number of rotatable bonds is 3. The topological polar surface area (TPSA) is 102 Å². The smallest absolute Gasteiger partial charge is 0.318 e. The molecule has 6 heteroatoms. The Bertz CT molecular complexity index is 515. The largest absolute Gasteiger partial charge is 0.481 e. The van der Waals surface area contributed by atoms with Gasteiger partial charge in [0.15, 0.2) is 6.10 Å². The molecule has 0 heterocycles. The van der Waals surface area contributed by atoms with Crippen molar-refractivity contribution in [2.45, 2.75) is 32.0 Å². The summed E-state index contributed by atoms with van der Waals surface area (Å²) in [7, 11) is 0. The maximum Gasteiger partial charge on any atom is 0.318 e. The number of hydrogen-bond donors (Lipinski definition) is 3. The molecule has 0 spiro atoms. The predicted molar refractivity (Wildman–Crippen MR) is 67.5 cm³/mol. The van der Waals surface area contributed by atoms with Crippen LogP contribution < -0.4 is 15.8 Å². The zero-order chi connectivity index (χ0) is 14.0. The molecular weight excluding hydrogens is 248 g/mol. The van der Waals surface area contributed by atoms with E-state index in [0.717, 1.165) is 17.5 Å². The third-order valence-corrected chi connectivity index (χ3v) is 3.09. The molecule has 19 heavy (non-hydrogen) atoms. The summed E-state index contributed by atoms with van der Waals surface area (Å²) >= 11 is 0. The molecule has 0 fully saturated rings. The van der Waals surface area contributed by atoms with Crippen LogP contribution in [0.1, 0.15) is 30.6 Å². The number of benzene rings is 1. The van der Waals surface area contributed by atoms with Crippen LogP contribution in [0.2, 0.25) is 0 Å². The predicted octanol–water partition coefficient (Wildman–Crippen LogP) is 0.628. The first-order chi connectivity index (χ1) is 8.97. The Hall–Kier alpha value is -2.08. The van der Waals surface area contributed by atoms with Crippen LogP contribution >= 0.6 is 0 Å². The van der Waals surface area contributed by atoms with E-state index in [1.807, 2.05) is 5.32 Å². The van der Waals surface area contributed by atoms with Gasteiger partial charge in [-0.25, -0.2) is 4.79 Å². The number of primary amides is 1. The van der Waals surface area contributed by atoms with Gasteiger partial charge in [-0.05, 0) is 43.0 Å². The van der Waals surface area contributed by atoms with Crippen molar-refractivity contribution in [3.8, 4) is 5.75 Å². The van der Waals surface area contributed by atoms with E-state index in [-0.39, 0.29) is 0 Å². The number of imide groups is 1. The molecule has 0 aliphatic heterocycles. The lowest BCUT2D eigenvalue weighted by Gasteiger charge is -2.14. The number of nitrogens with one attached hydrogen (secondary N) is 1. The lowest BCUT2D eigenvalue weighted by Crippen LogP contribution is -2.42. The average molecular weight is 264 g/mol. The summed E-state index contributed by atoms with van der Waals surface area (Å²) in [5.74, 6) is -0.0620. The molecule has 4 N–H and O–H groups in total. The van der Waals surface area contributed by atoms with Crippen molar-refractivity contribution in [1.82, 2.24) is 5.32 Å². The third-order valence-electron chi connectivity index (χ3n) is 3.09. The molecule has 1 aliphatic carbocycles. The summed E-state index contributed by atoms with van der Waals surface area (Å²) in [5, 5.41) is 11.6. The molecular formula is C13H16N2O4. The highest BCUT2D eigenvalue weighted by Gasteiger charge is 2.22. The number of carbonyl (C=O) groups excluding carboxylic acids is 2. The summed E-state index contributed by atoms with van der Waals surface area (Å²) in [6.07, 6.45) is 0.253. The van der Waals surface area contributed by atoms with Gasteiger partial charge in [-0.1, -0.05) is 6.07 Å². The Balaban J connectivity index is 2.04. The number of nitrogens with two attached hydrogens (primary N) is 1. The van der Waals surface area contributed by atoms with Crippen LogP contribution in [0.15, 0.2) is 18.2 Å². The number of fused-ring (bicyclic) bond motifs is 1. The summed E-state index contributed by atoms with van der Waals surface area (Å²) < 4.78 is 5.44. The van der Waals surface area contributed by atoms with Gasteiger partial charge in [0.05, 0.1) is 6.10 Å². The van der Waals surface area contributed by atoms with E-state index in [2.05, 4.69) is 0 Å². The summed E-state index contributed by atoms with van der Waals surface area (Å²) in [5.41, 5.74) is 6.78. The molecule has 0 aromatic heterocycles. The van der Waals surface area contributed by atoms with Gasteiger partial charge in [0.25, 0.3) is 5.91 Å². The first-order valence-corrected chi connectivity index (χ1v) is 6.05. The first kappa shape index (κ1) is 13.4. The summed E-state index contributed by atoms with van der Waals surface area (Å²) in [6.45, 7) is 1.53. The van der Waals surface area contributed by atoms with Crippen LogP contribution in [0.3, 0.4) is 0 Å². The van der Waals surface area contributed by atoms with Gasteiger partial charge < -0.3 is 15.6 Å². The lowest BCUT2D eigenvalue weighted by molar-refractivity contribution is -0.126. The Morgan fingerprint density at radius 1 is 1.53 bits per heavy atom. The second-order valence-electron chi connectivity index (χ2n) is 4.53. The second kappa shape index (κ2) is 5.27. The van der Waals surface area contributed by atoms with Crippen LogP contribution in [0.25, 0.3) is 0 Å². The van der Waals surface area contributed by atoms with Crippen molar-refractivity contribution in [1.29, 1.82) is 0 Å². The fourth-order valence-corrected chi connectivity index (χ4v) is 2.13. The van der Waals surface area contributed by atoms with Crippen LogP contribution in [0.4, 0.5) is 4.79 Å². The molecule has 1 aliphatic rings. The van der Waals surface area contributed by atoms with Gasteiger partial charge in [0.1, 0.15) is 5.75 Å². The quantitative estimate of drug-likeness (QED) is 0.745. The number of aliphatic hydroxyl groups is 1. The number of amides is 3. The maximum atomic E-state index is 11.5. The number of carbonyl (C=O) groups is 2. The van der Waals surface area contributed by atoms with E-state index in [9.17, 15) is 14.7 Å². The zero-order valence-corrected chi connectivity index (χ0v) is 10.6. The van der Waals surface area contributed by atoms with E-state index in [4.69, 9.17) is 10.5 Å². The van der Waals surface area contributed by atoms with Gasteiger partial charge in [0, 0.05) is 0 Å². The number of aliphatic hydroxyl groups excluding tert-OH is 1. The molecule has 0 saturated heterocycles. The Morgan fingerprint density at radius 2 is 2.26 bits per heavy atom. The van der Waals surface area contributed by atoms with Gasteiger partial charge in [-0.15, -0.1) is 0 Å². The monoisotopic (exact) mass is 264 g/mol. The van der Waals surface area contributed by atoms with Gasteiger partial charge in [-0.2, -0.15) is 0 Å². The molecule has 0 saturated carbocycles. The molecule has 3 amide bonds. The molecule has 0 bridgehead atoms. The minimum Gasteiger partial charge on any atom is -0.481 e. The van der Waals surface area contributed by atoms with Crippen molar-refractivity contribution in [3.05, 3.63) is 29.3 Å². The van der Waals surface area contributed by atoms with Gasteiger partial charge in [-0.3, -0.25) is 10.1 Å². The highest BCUT2D eigenvalue weighted by molar-refractivity contribution is 5.95.